The van der Waals surface area contributed by atoms with Crippen LogP contribution >= 0.6 is 11.3 Å². The molecule has 0 saturated carbocycles. The first-order chi connectivity index (χ1) is 16.7. The van der Waals surface area contributed by atoms with Crippen LogP contribution in [-0.4, -0.2) is 15.1 Å². The number of ether oxygens (including phenoxy) is 1. The number of nitrogens with one attached hydrogen (secondary N) is 1. The molecule has 0 unspecified atom stereocenters. The predicted octanol–water partition coefficient (Wildman–Crippen LogP) is 6.37. The zero-order valence-corrected chi connectivity index (χ0v) is 19.0. The van der Waals surface area contributed by atoms with Crippen LogP contribution in [0.1, 0.15) is 35.9 Å². The number of hydrogen-bond donors (Lipinski definition) is 1. The maximum absolute atomic E-state index is 14.5. The molecule has 2 aromatic heterocycles. The van der Waals surface area contributed by atoms with Crippen molar-refractivity contribution < 1.29 is 31.2 Å². The Bertz CT molecular complexity index is 1350. The summed E-state index contributed by atoms with van der Waals surface area (Å²) >= 11 is 1.24. The largest absolute Gasteiger partial charge is 0.488 e. The number of aromatic amines is 1. The number of aryl methyl sites for hydroxylation is 1. The Morgan fingerprint density at radius 1 is 1.11 bits per heavy atom. The van der Waals surface area contributed by atoms with Crippen molar-refractivity contribution >= 4 is 11.3 Å². The van der Waals surface area contributed by atoms with Gasteiger partial charge in [0.1, 0.15) is 29.0 Å². The van der Waals surface area contributed by atoms with Gasteiger partial charge in [-0.25, -0.2) is 18.6 Å². The van der Waals surface area contributed by atoms with Gasteiger partial charge < -0.3 is 4.74 Å². The highest BCUT2D eigenvalue weighted by molar-refractivity contribution is 7.15. The van der Waals surface area contributed by atoms with Gasteiger partial charge in [-0.1, -0.05) is 30.6 Å². The van der Waals surface area contributed by atoms with Gasteiger partial charge in [0, 0.05) is 17.7 Å². The fourth-order valence-electron chi connectivity index (χ4n) is 3.31. The fraction of sp³-hybridized carbons (Fsp3) is 0.261. The van der Waals surface area contributed by atoms with Crippen molar-refractivity contribution in [1.82, 2.24) is 15.1 Å². The van der Waals surface area contributed by atoms with Gasteiger partial charge in [0.15, 0.2) is 5.82 Å². The monoisotopic (exact) mass is 511 g/mol. The van der Waals surface area contributed by atoms with Gasteiger partial charge in [0.2, 0.25) is 0 Å². The van der Waals surface area contributed by atoms with Crippen molar-refractivity contribution in [3.05, 3.63) is 74.7 Å². The van der Waals surface area contributed by atoms with Crippen LogP contribution < -0.4 is 10.5 Å². The molecule has 0 amide bonds. The third-order valence-electron chi connectivity index (χ3n) is 5.07. The first kappa shape index (κ1) is 24.6. The van der Waals surface area contributed by atoms with Crippen molar-refractivity contribution in [2.45, 2.75) is 39.0 Å². The molecule has 6 nitrogen and oxygen atoms in total. The van der Waals surface area contributed by atoms with Crippen molar-refractivity contribution in [1.29, 1.82) is 0 Å². The molecule has 4 aromatic rings. The lowest BCUT2D eigenvalue weighted by molar-refractivity contribution is -0.137. The average molecular weight is 511 g/mol. The SMILES string of the molecule is CCCCc1nc(-c2ccc(C(F)(F)F)cc2)sc1COc1cc(F)c(-c2noc(=O)[nH]2)c(F)c1. The Kier molecular flexibility index (Phi) is 7.01. The fourth-order valence-corrected chi connectivity index (χ4v) is 4.33. The number of rotatable bonds is 8. The molecular formula is C23H18F5N3O3S. The minimum atomic E-state index is -4.43. The summed E-state index contributed by atoms with van der Waals surface area (Å²) in [6.45, 7) is 1.96. The number of aromatic nitrogens is 3. The standard InChI is InChI=1S/C23H18F5N3O3S/c1-2-3-4-17-18(35-21(29-17)12-5-7-13(8-6-12)23(26,27)28)11-33-14-9-15(24)19(16(25)10-14)20-30-22(32)34-31-20/h5-10H,2-4,11H2,1H3,(H,30,31,32). The third kappa shape index (κ3) is 5.59. The van der Waals surface area contributed by atoms with Crippen LogP contribution in [0, 0.1) is 11.6 Å². The van der Waals surface area contributed by atoms with E-state index >= 15 is 0 Å². The van der Waals surface area contributed by atoms with Crippen molar-refractivity contribution in [3.63, 3.8) is 0 Å². The normalized spacial score (nSPS) is 11.7. The van der Waals surface area contributed by atoms with E-state index in [1.165, 1.54) is 23.5 Å². The number of H-pyrrole nitrogens is 1. The molecule has 0 aliphatic carbocycles. The molecule has 184 valence electrons. The molecule has 2 aromatic carbocycles. The summed E-state index contributed by atoms with van der Waals surface area (Å²) in [6.07, 6.45) is -2.09. The molecular weight excluding hydrogens is 493 g/mol. The lowest BCUT2D eigenvalue weighted by Gasteiger charge is -2.08. The van der Waals surface area contributed by atoms with Crippen LogP contribution in [0.15, 0.2) is 45.7 Å². The molecule has 0 aliphatic heterocycles. The molecule has 0 bridgehead atoms. The first-order valence-electron chi connectivity index (χ1n) is 10.5. The van der Waals surface area contributed by atoms with E-state index < -0.39 is 34.7 Å². The highest BCUT2D eigenvalue weighted by atomic mass is 32.1. The van der Waals surface area contributed by atoms with Crippen LogP contribution in [0.2, 0.25) is 0 Å². The number of hydrogen-bond acceptors (Lipinski definition) is 6. The van der Waals surface area contributed by atoms with Gasteiger partial charge in [0.25, 0.3) is 0 Å². The summed E-state index contributed by atoms with van der Waals surface area (Å²) in [6, 6.07) is 6.60. The van der Waals surface area contributed by atoms with E-state index in [1.54, 1.807) is 0 Å². The number of thiazole rings is 1. The van der Waals surface area contributed by atoms with Crippen LogP contribution in [-0.2, 0) is 19.2 Å². The summed E-state index contributed by atoms with van der Waals surface area (Å²) in [4.78, 5) is 18.4. The lowest BCUT2D eigenvalue weighted by Crippen LogP contribution is -2.03. The van der Waals surface area contributed by atoms with Gasteiger partial charge in [-0.2, -0.15) is 13.2 Å². The zero-order valence-electron chi connectivity index (χ0n) is 18.2. The van der Waals surface area contributed by atoms with Crippen LogP contribution in [0.4, 0.5) is 22.0 Å². The van der Waals surface area contributed by atoms with Crippen molar-refractivity contribution in [2.75, 3.05) is 0 Å². The number of unbranched alkanes of at least 4 members (excludes halogenated alkanes) is 1. The molecule has 0 atom stereocenters. The zero-order chi connectivity index (χ0) is 25.2. The number of benzene rings is 2. The highest BCUT2D eigenvalue weighted by Crippen LogP contribution is 2.34. The Morgan fingerprint density at radius 3 is 2.37 bits per heavy atom. The second-order valence-electron chi connectivity index (χ2n) is 7.56. The smallest absolute Gasteiger partial charge is 0.439 e. The van der Waals surface area contributed by atoms with E-state index in [4.69, 9.17) is 4.74 Å². The quantitative estimate of drug-likeness (QED) is 0.278. The molecule has 0 fully saturated rings. The predicted molar refractivity (Wildman–Crippen MR) is 118 cm³/mol. The molecule has 0 radical (unpaired) electrons. The molecule has 0 aliphatic rings. The summed E-state index contributed by atoms with van der Waals surface area (Å²) in [5, 5.41) is 3.81. The van der Waals surface area contributed by atoms with E-state index in [0.29, 0.717) is 27.6 Å². The minimum Gasteiger partial charge on any atom is -0.488 e. The number of halogens is 5. The lowest BCUT2D eigenvalue weighted by atomic mass is 10.1. The summed E-state index contributed by atoms with van der Waals surface area (Å²) in [5.74, 6) is -3.45. The second-order valence-corrected chi connectivity index (χ2v) is 8.65. The Morgan fingerprint density at radius 2 is 1.80 bits per heavy atom. The first-order valence-corrected chi connectivity index (χ1v) is 11.3. The van der Waals surface area contributed by atoms with Gasteiger partial charge in [-0.05, 0) is 25.0 Å². The number of alkyl halides is 3. The maximum atomic E-state index is 14.5. The van der Waals surface area contributed by atoms with Gasteiger partial charge >= 0.3 is 11.9 Å². The van der Waals surface area contributed by atoms with Gasteiger partial charge in [0.05, 0.1) is 21.7 Å². The topological polar surface area (TPSA) is 81.0 Å². The minimum absolute atomic E-state index is 0.0453. The van der Waals surface area contributed by atoms with E-state index in [9.17, 15) is 26.7 Å². The van der Waals surface area contributed by atoms with Crippen molar-refractivity contribution in [2.24, 2.45) is 0 Å². The van der Waals surface area contributed by atoms with Crippen LogP contribution in [0.5, 0.6) is 5.75 Å². The van der Waals surface area contributed by atoms with Gasteiger partial charge in [-0.15, -0.1) is 11.3 Å². The maximum Gasteiger partial charge on any atom is 0.439 e. The molecule has 12 heteroatoms. The van der Waals surface area contributed by atoms with E-state index in [1.807, 2.05) is 6.92 Å². The Balaban J connectivity index is 1.57. The molecule has 2 heterocycles. The summed E-state index contributed by atoms with van der Waals surface area (Å²) in [7, 11) is 0. The van der Waals surface area contributed by atoms with Crippen LogP contribution in [0.25, 0.3) is 22.0 Å². The average Bonchev–Trinajstić information content (AvgIpc) is 3.41. The summed E-state index contributed by atoms with van der Waals surface area (Å²) < 4.78 is 77.5. The Labute approximate surface area is 199 Å². The number of nitrogens with zero attached hydrogens (tertiary/aromatic N) is 2. The third-order valence-corrected chi connectivity index (χ3v) is 6.19. The second kappa shape index (κ2) is 9.98. The van der Waals surface area contributed by atoms with E-state index in [0.717, 1.165) is 37.1 Å². The molecule has 35 heavy (non-hydrogen) atoms. The molecule has 4 rings (SSSR count). The molecule has 0 saturated heterocycles. The molecule has 1 N–H and O–H groups in total. The highest BCUT2D eigenvalue weighted by Gasteiger charge is 2.30. The van der Waals surface area contributed by atoms with Crippen LogP contribution in [0.3, 0.4) is 0 Å². The Hall–Kier alpha value is -3.54. The van der Waals surface area contributed by atoms with E-state index in [-0.39, 0.29) is 18.2 Å². The summed E-state index contributed by atoms with van der Waals surface area (Å²) in [5.41, 5.74) is -0.0801. The van der Waals surface area contributed by atoms with Gasteiger partial charge in [-0.3, -0.25) is 9.51 Å². The van der Waals surface area contributed by atoms with E-state index in [2.05, 4.69) is 19.6 Å². The van der Waals surface area contributed by atoms with Crippen molar-refractivity contribution in [3.8, 4) is 27.7 Å². The molecule has 0 spiro atoms.